The number of carboxylic acid groups (broad SMARTS) is 1. The van der Waals surface area contributed by atoms with Crippen molar-refractivity contribution < 1.29 is 45.1 Å². The maximum atomic E-state index is 14.5. The highest BCUT2D eigenvalue weighted by molar-refractivity contribution is 7.89. The van der Waals surface area contributed by atoms with Gasteiger partial charge in [-0.2, -0.15) is 4.31 Å². The Balaban J connectivity index is 1.71. The molecule has 0 spiro atoms. The van der Waals surface area contributed by atoms with Crippen LogP contribution in [-0.4, -0.2) is 42.8 Å². The molecule has 4 rings (SSSR count). The Labute approximate surface area is 255 Å². The summed E-state index contributed by atoms with van der Waals surface area (Å²) in [5.41, 5.74) is 1.53. The largest absolute Gasteiger partial charge is 0.478 e. The Kier molecular flexibility index (Phi) is 10.0. The molecule has 1 amide bonds. The van der Waals surface area contributed by atoms with Crippen molar-refractivity contribution in [3.05, 3.63) is 93.3 Å². The summed E-state index contributed by atoms with van der Waals surface area (Å²) < 4.78 is 96.7. The second-order valence-electron chi connectivity index (χ2n) is 10.6. The van der Waals surface area contributed by atoms with Gasteiger partial charge in [0.25, 0.3) is 0 Å². The van der Waals surface area contributed by atoms with E-state index >= 15 is 0 Å². The molecule has 3 aromatic carbocycles. The van der Waals surface area contributed by atoms with Crippen molar-refractivity contribution >= 4 is 39.2 Å². The number of carbonyl (C=O) groups excluding carboxylic acids is 1. The molecule has 1 aliphatic rings. The second kappa shape index (κ2) is 13.2. The lowest BCUT2D eigenvalue weighted by molar-refractivity contribution is -0.121. The molecule has 1 aliphatic carbocycles. The molecular weight excluding hydrogens is 631 g/mol. The van der Waals surface area contributed by atoms with Gasteiger partial charge in [0.2, 0.25) is 21.7 Å². The molecule has 1 saturated carbocycles. The molecule has 0 bridgehead atoms. The number of likely N-dealkylation sites (N-methyl/N-ethyl adjacent to an activating group) is 1. The van der Waals surface area contributed by atoms with Crippen molar-refractivity contribution in [2.75, 3.05) is 11.9 Å². The minimum absolute atomic E-state index is 0.0650. The number of nitrogens with zero attached hydrogens (tertiary/aromatic N) is 2. The lowest BCUT2D eigenvalue weighted by Gasteiger charge is -2.31. The Morgan fingerprint density at radius 3 is 1.98 bits per heavy atom. The summed E-state index contributed by atoms with van der Waals surface area (Å²) in [6.45, 7) is 0.908. The van der Waals surface area contributed by atoms with E-state index < -0.39 is 61.9 Å². The number of carboxylic acids is 1. The fourth-order valence-electron chi connectivity index (χ4n) is 5.20. The van der Waals surface area contributed by atoms with E-state index in [9.17, 15) is 45.1 Å². The molecule has 1 atom stereocenters. The van der Waals surface area contributed by atoms with Crippen LogP contribution in [0, 0.1) is 29.1 Å². The lowest BCUT2D eigenvalue weighted by atomic mass is 9.84. The van der Waals surface area contributed by atoms with Crippen LogP contribution >= 0.6 is 11.6 Å². The molecule has 7 nitrogen and oxygen atoms in total. The number of benzene rings is 3. The summed E-state index contributed by atoms with van der Waals surface area (Å²) in [6, 6.07) is 9.30. The van der Waals surface area contributed by atoms with Gasteiger partial charge in [0.15, 0.2) is 28.2 Å². The number of sulfonamides is 1. The zero-order valence-corrected chi connectivity index (χ0v) is 25.2. The lowest BCUT2D eigenvalue weighted by Crippen LogP contribution is -2.48. The van der Waals surface area contributed by atoms with Gasteiger partial charge in [0.05, 0.1) is 17.1 Å². The minimum atomic E-state index is -5.45. The van der Waals surface area contributed by atoms with Gasteiger partial charge in [-0.25, -0.2) is 35.2 Å². The average molecular weight is 659 g/mol. The van der Waals surface area contributed by atoms with E-state index in [2.05, 4.69) is 0 Å². The van der Waals surface area contributed by atoms with E-state index in [1.165, 1.54) is 18.6 Å². The van der Waals surface area contributed by atoms with E-state index in [0.29, 0.717) is 11.5 Å². The molecule has 0 radical (unpaired) electrons. The zero-order valence-electron chi connectivity index (χ0n) is 23.6. The first kappa shape index (κ1) is 33.3. The molecule has 1 fully saturated rings. The van der Waals surface area contributed by atoms with E-state index in [1.807, 2.05) is 12.1 Å². The van der Waals surface area contributed by atoms with Gasteiger partial charge in [0.1, 0.15) is 6.04 Å². The van der Waals surface area contributed by atoms with Crippen molar-refractivity contribution in [3.8, 4) is 0 Å². The highest BCUT2D eigenvalue weighted by Crippen LogP contribution is 2.34. The molecule has 0 unspecified atom stereocenters. The summed E-state index contributed by atoms with van der Waals surface area (Å²) >= 11 is 6.14. The fraction of sp³-hybridized carbons (Fsp3) is 0.333. The number of aromatic carboxylic acids is 1. The quantitative estimate of drug-likeness (QED) is 0.151. The zero-order chi connectivity index (χ0) is 32.5. The van der Waals surface area contributed by atoms with Gasteiger partial charge in [-0.15, -0.1) is 0 Å². The smallest absolute Gasteiger partial charge is 0.337 e. The molecule has 1 N–H and O–H groups in total. The van der Waals surface area contributed by atoms with Gasteiger partial charge in [0, 0.05) is 12.7 Å². The van der Waals surface area contributed by atoms with Crippen molar-refractivity contribution in [3.63, 3.8) is 0 Å². The summed E-state index contributed by atoms with van der Waals surface area (Å²) in [7, 11) is -4.70. The number of halogens is 6. The first-order valence-electron chi connectivity index (χ1n) is 13.6. The van der Waals surface area contributed by atoms with Gasteiger partial charge < -0.3 is 10.0 Å². The van der Waals surface area contributed by atoms with Crippen LogP contribution in [0.4, 0.5) is 27.6 Å². The van der Waals surface area contributed by atoms with Crippen LogP contribution in [0.15, 0.2) is 47.4 Å². The Morgan fingerprint density at radius 2 is 1.45 bits per heavy atom. The van der Waals surface area contributed by atoms with Crippen molar-refractivity contribution in [1.29, 1.82) is 0 Å². The first-order valence-corrected chi connectivity index (χ1v) is 15.4. The van der Waals surface area contributed by atoms with Crippen molar-refractivity contribution in [1.82, 2.24) is 4.31 Å². The topological polar surface area (TPSA) is 95.0 Å². The van der Waals surface area contributed by atoms with Gasteiger partial charge in [-0.1, -0.05) is 55.1 Å². The monoisotopic (exact) mass is 658 g/mol. The molecule has 0 aliphatic heterocycles. The van der Waals surface area contributed by atoms with Crippen LogP contribution < -0.4 is 4.90 Å². The van der Waals surface area contributed by atoms with E-state index in [4.69, 9.17) is 11.6 Å². The number of anilines is 1. The third kappa shape index (κ3) is 6.45. The van der Waals surface area contributed by atoms with Crippen LogP contribution in [0.25, 0.3) is 0 Å². The van der Waals surface area contributed by atoms with E-state index in [-0.39, 0.29) is 27.1 Å². The fourth-order valence-corrected chi connectivity index (χ4v) is 6.88. The second-order valence-corrected chi connectivity index (χ2v) is 12.9. The number of carbonyl (C=O) groups is 2. The normalized spacial score (nSPS) is 14.9. The molecule has 3 aromatic rings. The maximum absolute atomic E-state index is 14.5. The van der Waals surface area contributed by atoms with Crippen LogP contribution in [0.5, 0.6) is 0 Å². The van der Waals surface area contributed by atoms with E-state index in [0.717, 1.165) is 56.2 Å². The molecule has 14 heteroatoms. The SMILES string of the molecule is C[C@H](C(=O)N(Cc1ccc(C2CCCCC2)cc1)c1ccc(C(=O)O)c(Cl)c1)N(C)S(=O)(=O)c1c(F)c(F)c(F)c(F)c1F. The predicted octanol–water partition coefficient (Wildman–Crippen LogP) is 7.02. The summed E-state index contributed by atoms with van der Waals surface area (Å²) in [4.78, 5) is 24.3. The van der Waals surface area contributed by atoms with Crippen LogP contribution in [0.1, 0.15) is 66.4 Å². The predicted molar refractivity (Wildman–Crippen MR) is 153 cm³/mol. The highest BCUT2D eigenvalue weighted by Gasteiger charge is 2.40. The number of hydrogen-bond donors (Lipinski definition) is 1. The molecule has 0 saturated heterocycles. The highest BCUT2D eigenvalue weighted by atomic mass is 35.5. The van der Waals surface area contributed by atoms with Crippen LogP contribution in [0.3, 0.4) is 0 Å². The Bertz CT molecular complexity index is 1670. The molecule has 0 heterocycles. The van der Waals surface area contributed by atoms with E-state index in [1.54, 1.807) is 12.1 Å². The summed E-state index contributed by atoms with van der Waals surface area (Å²) in [5, 5.41) is 9.13. The minimum Gasteiger partial charge on any atom is -0.478 e. The average Bonchev–Trinajstić information content (AvgIpc) is 3.01. The molecular formula is C30H28ClF5N2O5S. The van der Waals surface area contributed by atoms with Crippen molar-refractivity contribution in [2.45, 2.75) is 62.4 Å². The molecule has 44 heavy (non-hydrogen) atoms. The first-order chi connectivity index (χ1) is 20.7. The maximum Gasteiger partial charge on any atom is 0.337 e. The number of amides is 1. The summed E-state index contributed by atoms with van der Waals surface area (Å²) in [5.74, 6) is -14.5. The van der Waals surface area contributed by atoms with Crippen LogP contribution in [0.2, 0.25) is 5.02 Å². The Hall–Kier alpha value is -3.55. The number of rotatable bonds is 9. The Morgan fingerprint density at radius 1 is 0.909 bits per heavy atom. The standard InChI is InChI=1S/C30H28ClF5N2O5S/c1-16(37(2)44(42,43)28-26(35)24(33)23(32)25(34)27(28)36)29(39)38(20-12-13-21(30(40)41)22(31)14-20)15-17-8-10-19(11-9-17)18-6-4-3-5-7-18/h8-14,16,18H,3-7,15H2,1-2H3,(H,40,41)/t16-/m1/s1. The van der Waals surface area contributed by atoms with Crippen LogP contribution in [-0.2, 0) is 21.4 Å². The van der Waals surface area contributed by atoms with Gasteiger partial charge >= 0.3 is 5.97 Å². The van der Waals surface area contributed by atoms with Gasteiger partial charge in [-0.3, -0.25) is 4.79 Å². The third-order valence-electron chi connectivity index (χ3n) is 7.87. The molecule has 0 aromatic heterocycles. The molecule has 236 valence electrons. The van der Waals surface area contributed by atoms with Crippen molar-refractivity contribution in [2.24, 2.45) is 0 Å². The number of hydrogen-bond acceptors (Lipinski definition) is 4. The van der Waals surface area contributed by atoms with Gasteiger partial charge in [-0.05, 0) is 55.0 Å². The summed E-state index contributed by atoms with van der Waals surface area (Å²) in [6.07, 6.45) is 5.54. The third-order valence-corrected chi connectivity index (χ3v) is 10.1.